The highest BCUT2D eigenvalue weighted by Gasteiger charge is 2.27. The molecule has 1 aromatic heterocycles. The van der Waals surface area contributed by atoms with Crippen LogP contribution in [0.2, 0.25) is 0 Å². The van der Waals surface area contributed by atoms with Gasteiger partial charge >= 0.3 is 5.97 Å². The molecule has 1 atom stereocenters. The number of para-hydroxylation sites is 1. The van der Waals surface area contributed by atoms with Crippen LogP contribution < -0.4 is 10.5 Å². The van der Waals surface area contributed by atoms with Crippen LogP contribution in [0.1, 0.15) is 26.9 Å². The molecule has 130 valence electrons. The molecule has 26 heavy (non-hydrogen) atoms. The standard InChI is InChI=1S/C20H15NO4S/c21-19(22)17(12-6-2-1-3-7-12)25-20(23)16-10-13-11-24-15-9-5-4-8-14(15)18(13)26-16/h1-10,17H,11H2,(H2,21,22). The van der Waals surface area contributed by atoms with E-state index in [1.165, 1.54) is 11.3 Å². The number of rotatable bonds is 4. The second-order valence-electron chi connectivity index (χ2n) is 5.85. The topological polar surface area (TPSA) is 78.6 Å². The highest BCUT2D eigenvalue weighted by molar-refractivity contribution is 7.17. The number of nitrogens with two attached hydrogens (primary N) is 1. The molecule has 0 bridgehead atoms. The van der Waals surface area contributed by atoms with Crippen molar-refractivity contribution in [1.82, 2.24) is 0 Å². The molecule has 6 heteroatoms. The Kier molecular flexibility index (Phi) is 4.18. The second-order valence-corrected chi connectivity index (χ2v) is 6.90. The van der Waals surface area contributed by atoms with Crippen molar-refractivity contribution in [2.75, 3.05) is 0 Å². The van der Waals surface area contributed by atoms with Crippen LogP contribution in [0, 0.1) is 0 Å². The summed E-state index contributed by atoms with van der Waals surface area (Å²) in [6.07, 6.45) is -1.12. The van der Waals surface area contributed by atoms with Crippen molar-refractivity contribution >= 4 is 23.2 Å². The zero-order chi connectivity index (χ0) is 18.1. The van der Waals surface area contributed by atoms with Crippen molar-refractivity contribution in [3.8, 4) is 16.2 Å². The number of ether oxygens (including phenoxy) is 2. The molecule has 1 aliphatic rings. The summed E-state index contributed by atoms with van der Waals surface area (Å²) < 4.78 is 11.1. The van der Waals surface area contributed by atoms with Crippen molar-refractivity contribution in [2.45, 2.75) is 12.7 Å². The van der Waals surface area contributed by atoms with Crippen molar-refractivity contribution in [1.29, 1.82) is 0 Å². The minimum atomic E-state index is -1.12. The molecule has 1 aliphatic heterocycles. The van der Waals surface area contributed by atoms with Crippen LogP contribution in [-0.4, -0.2) is 11.9 Å². The van der Waals surface area contributed by atoms with Gasteiger partial charge in [0.1, 0.15) is 17.2 Å². The quantitative estimate of drug-likeness (QED) is 0.715. The molecule has 3 aromatic rings. The summed E-state index contributed by atoms with van der Waals surface area (Å²) in [6, 6.07) is 18.2. The summed E-state index contributed by atoms with van der Waals surface area (Å²) >= 11 is 1.33. The Morgan fingerprint density at radius 2 is 1.81 bits per heavy atom. The van der Waals surface area contributed by atoms with Crippen LogP contribution in [0.5, 0.6) is 5.75 Å². The number of thiophene rings is 1. The molecule has 5 nitrogen and oxygen atoms in total. The molecule has 0 fully saturated rings. The van der Waals surface area contributed by atoms with E-state index in [2.05, 4.69) is 0 Å². The minimum Gasteiger partial charge on any atom is -0.488 e. The molecule has 1 amide bonds. The number of hydrogen-bond donors (Lipinski definition) is 1. The maximum Gasteiger partial charge on any atom is 0.349 e. The number of fused-ring (bicyclic) bond motifs is 3. The number of carbonyl (C=O) groups excluding carboxylic acids is 2. The van der Waals surface area contributed by atoms with Gasteiger partial charge in [-0.25, -0.2) is 4.79 Å². The number of carbonyl (C=O) groups is 2. The van der Waals surface area contributed by atoms with E-state index in [0.717, 1.165) is 21.8 Å². The second kappa shape index (κ2) is 6.65. The van der Waals surface area contributed by atoms with Gasteiger partial charge < -0.3 is 15.2 Å². The molecule has 1 unspecified atom stereocenters. The summed E-state index contributed by atoms with van der Waals surface area (Å²) in [6.45, 7) is 0.397. The highest BCUT2D eigenvalue weighted by Crippen LogP contribution is 2.42. The first kappa shape index (κ1) is 16.4. The fourth-order valence-electron chi connectivity index (χ4n) is 2.88. The maximum absolute atomic E-state index is 12.6. The summed E-state index contributed by atoms with van der Waals surface area (Å²) in [4.78, 5) is 25.8. The van der Waals surface area contributed by atoms with Gasteiger partial charge in [0, 0.05) is 21.6 Å². The van der Waals surface area contributed by atoms with E-state index in [0.29, 0.717) is 17.0 Å². The van der Waals surface area contributed by atoms with Crippen molar-refractivity contribution in [3.63, 3.8) is 0 Å². The summed E-state index contributed by atoms with van der Waals surface area (Å²) in [7, 11) is 0. The molecule has 0 radical (unpaired) electrons. The Morgan fingerprint density at radius 3 is 2.58 bits per heavy atom. The lowest BCUT2D eigenvalue weighted by atomic mass is 10.1. The van der Waals surface area contributed by atoms with Crippen LogP contribution in [0.3, 0.4) is 0 Å². The average Bonchev–Trinajstić information content (AvgIpc) is 3.11. The Morgan fingerprint density at radius 1 is 1.08 bits per heavy atom. The number of benzene rings is 2. The van der Waals surface area contributed by atoms with E-state index in [-0.39, 0.29) is 0 Å². The fourth-order valence-corrected chi connectivity index (χ4v) is 3.96. The zero-order valence-corrected chi connectivity index (χ0v) is 14.5. The summed E-state index contributed by atoms with van der Waals surface area (Å²) in [5, 5.41) is 0. The van der Waals surface area contributed by atoms with E-state index in [1.807, 2.05) is 30.3 Å². The lowest BCUT2D eigenvalue weighted by molar-refractivity contribution is -0.127. The van der Waals surface area contributed by atoms with Gasteiger partial charge in [0.2, 0.25) is 6.10 Å². The summed E-state index contributed by atoms with van der Waals surface area (Å²) in [5.74, 6) is -0.491. The van der Waals surface area contributed by atoms with Crippen LogP contribution >= 0.6 is 11.3 Å². The molecule has 0 saturated heterocycles. The Labute approximate surface area is 154 Å². The van der Waals surface area contributed by atoms with Gasteiger partial charge in [-0.15, -0.1) is 11.3 Å². The van der Waals surface area contributed by atoms with Gasteiger partial charge in [0.25, 0.3) is 5.91 Å². The predicted octanol–water partition coefficient (Wildman–Crippen LogP) is 3.69. The van der Waals surface area contributed by atoms with E-state index < -0.39 is 18.0 Å². The third-order valence-corrected chi connectivity index (χ3v) is 5.30. The Bertz CT molecular complexity index is 980. The normalized spacial score (nSPS) is 13.1. The van der Waals surface area contributed by atoms with Gasteiger partial charge in [-0.1, -0.05) is 42.5 Å². The van der Waals surface area contributed by atoms with Gasteiger partial charge in [-0.3, -0.25) is 4.79 Å². The third kappa shape index (κ3) is 2.95. The molecule has 0 spiro atoms. The first-order chi connectivity index (χ1) is 12.6. The first-order valence-corrected chi connectivity index (χ1v) is 8.85. The lowest BCUT2D eigenvalue weighted by Crippen LogP contribution is -2.26. The average molecular weight is 365 g/mol. The molecule has 0 saturated carbocycles. The van der Waals surface area contributed by atoms with Crippen LogP contribution in [0.4, 0.5) is 0 Å². The van der Waals surface area contributed by atoms with Crippen LogP contribution in [0.25, 0.3) is 10.4 Å². The van der Waals surface area contributed by atoms with Crippen LogP contribution in [0.15, 0.2) is 60.7 Å². The summed E-state index contributed by atoms with van der Waals surface area (Å²) in [5.41, 5.74) is 7.85. The fraction of sp³-hybridized carbons (Fsp3) is 0.100. The van der Waals surface area contributed by atoms with Gasteiger partial charge in [-0.2, -0.15) is 0 Å². The Balaban J connectivity index is 1.62. The SMILES string of the molecule is NC(=O)C(OC(=O)c1cc2c(s1)-c1ccccc1OC2)c1ccccc1. The number of primary amides is 1. The Hall–Kier alpha value is -3.12. The minimum absolute atomic E-state index is 0.397. The zero-order valence-electron chi connectivity index (χ0n) is 13.7. The number of hydrogen-bond acceptors (Lipinski definition) is 5. The van der Waals surface area contributed by atoms with Gasteiger partial charge in [-0.05, 0) is 18.2 Å². The van der Waals surface area contributed by atoms with Crippen LogP contribution in [-0.2, 0) is 16.1 Å². The van der Waals surface area contributed by atoms with Crippen molar-refractivity contribution < 1.29 is 19.1 Å². The van der Waals surface area contributed by atoms with E-state index in [9.17, 15) is 9.59 Å². The molecule has 0 aliphatic carbocycles. The largest absolute Gasteiger partial charge is 0.488 e. The van der Waals surface area contributed by atoms with E-state index in [1.54, 1.807) is 30.3 Å². The van der Waals surface area contributed by atoms with Gasteiger partial charge in [0.05, 0.1) is 0 Å². The van der Waals surface area contributed by atoms with Gasteiger partial charge in [0.15, 0.2) is 0 Å². The van der Waals surface area contributed by atoms with Crippen molar-refractivity contribution in [3.05, 3.63) is 76.7 Å². The predicted molar refractivity (Wildman–Crippen MR) is 97.9 cm³/mol. The smallest absolute Gasteiger partial charge is 0.349 e. The highest BCUT2D eigenvalue weighted by atomic mass is 32.1. The molecular formula is C20H15NO4S. The molecule has 2 heterocycles. The lowest BCUT2D eigenvalue weighted by Gasteiger charge is -2.16. The molecule has 2 N–H and O–H groups in total. The van der Waals surface area contributed by atoms with E-state index >= 15 is 0 Å². The van der Waals surface area contributed by atoms with E-state index in [4.69, 9.17) is 15.2 Å². The molecule has 4 rings (SSSR count). The molecule has 2 aromatic carbocycles. The third-order valence-electron chi connectivity index (χ3n) is 4.11. The number of amides is 1. The number of esters is 1. The molecular weight excluding hydrogens is 350 g/mol. The monoisotopic (exact) mass is 365 g/mol. The van der Waals surface area contributed by atoms with Crippen molar-refractivity contribution in [2.24, 2.45) is 5.73 Å². The first-order valence-electron chi connectivity index (χ1n) is 8.03. The maximum atomic E-state index is 12.6.